The molecule has 1 saturated heterocycles. The summed E-state index contributed by atoms with van der Waals surface area (Å²) in [7, 11) is 0. The predicted octanol–water partition coefficient (Wildman–Crippen LogP) is 1.000. The average Bonchev–Trinajstić information content (AvgIpc) is 2.93. The summed E-state index contributed by atoms with van der Waals surface area (Å²) in [6, 6.07) is 1.46. The molecule has 0 aliphatic carbocycles. The molecule has 0 aromatic carbocycles. The van der Waals surface area contributed by atoms with Gasteiger partial charge in [-0.2, -0.15) is 0 Å². The van der Waals surface area contributed by atoms with Gasteiger partial charge in [0.1, 0.15) is 0 Å². The Balaban J connectivity index is 1.88. The Bertz CT molecular complexity index is 348. The lowest BCUT2D eigenvalue weighted by Crippen LogP contribution is -2.36. The van der Waals surface area contributed by atoms with Crippen molar-refractivity contribution in [2.45, 2.75) is 58.3 Å². The molecule has 5 nitrogen and oxygen atoms in total. The fraction of sp³-hybridized carbons (Fsp3) is 0.833. The Hall–Kier alpha value is -0.940. The van der Waals surface area contributed by atoms with Gasteiger partial charge < -0.3 is 5.73 Å². The van der Waals surface area contributed by atoms with Crippen LogP contribution in [0.4, 0.5) is 0 Å². The molecule has 96 valence electrons. The van der Waals surface area contributed by atoms with Gasteiger partial charge in [-0.25, -0.2) is 0 Å². The summed E-state index contributed by atoms with van der Waals surface area (Å²) in [5, 5.41) is 8.09. The first-order valence-corrected chi connectivity index (χ1v) is 6.59. The van der Waals surface area contributed by atoms with Crippen molar-refractivity contribution in [1.82, 2.24) is 19.9 Å². The number of nitrogens with zero attached hydrogens (tertiary/aromatic N) is 4. The van der Waals surface area contributed by atoms with Gasteiger partial charge in [0.25, 0.3) is 0 Å². The van der Waals surface area contributed by atoms with Crippen molar-refractivity contribution in [3.05, 3.63) is 11.9 Å². The van der Waals surface area contributed by atoms with E-state index in [9.17, 15) is 0 Å². The van der Waals surface area contributed by atoms with Gasteiger partial charge in [-0.05, 0) is 26.2 Å². The summed E-state index contributed by atoms with van der Waals surface area (Å²) in [6.07, 6.45) is 5.85. The van der Waals surface area contributed by atoms with Crippen molar-refractivity contribution in [2.24, 2.45) is 5.73 Å². The lowest BCUT2D eigenvalue weighted by molar-refractivity contribution is 0.188. The molecule has 0 saturated carbocycles. The molecule has 0 spiro atoms. The monoisotopic (exact) mass is 237 g/mol. The zero-order valence-electron chi connectivity index (χ0n) is 10.8. The molecule has 1 aliphatic rings. The van der Waals surface area contributed by atoms with Crippen molar-refractivity contribution in [3.63, 3.8) is 0 Å². The molecule has 1 aromatic rings. The second kappa shape index (κ2) is 5.60. The van der Waals surface area contributed by atoms with Crippen LogP contribution >= 0.6 is 0 Å². The van der Waals surface area contributed by atoms with Gasteiger partial charge in [-0.15, -0.1) is 5.10 Å². The fourth-order valence-electron chi connectivity index (χ4n) is 2.73. The Kier molecular flexibility index (Phi) is 4.12. The number of rotatable bonds is 5. The standard InChI is InChI=1S/C12H23N5/c1-3-12-5-4-10(2)17(12)7-6-16-9-11(8-13)14-15-16/h9-10,12H,3-8,13H2,1-2H3. The van der Waals surface area contributed by atoms with E-state index in [0.717, 1.165) is 24.8 Å². The SMILES string of the molecule is CCC1CCC(C)N1CCn1cc(CN)nn1. The third kappa shape index (κ3) is 2.84. The normalized spacial score (nSPS) is 25.6. The molecular weight excluding hydrogens is 214 g/mol. The highest BCUT2D eigenvalue weighted by Gasteiger charge is 2.28. The maximum atomic E-state index is 5.52. The second-order valence-corrected chi connectivity index (χ2v) is 4.90. The summed E-state index contributed by atoms with van der Waals surface area (Å²) in [6.45, 7) is 7.04. The molecular formula is C12H23N5. The van der Waals surface area contributed by atoms with E-state index >= 15 is 0 Å². The van der Waals surface area contributed by atoms with Crippen molar-refractivity contribution >= 4 is 0 Å². The van der Waals surface area contributed by atoms with E-state index in [-0.39, 0.29) is 0 Å². The summed E-state index contributed by atoms with van der Waals surface area (Å²) in [4.78, 5) is 2.60. The zero-order valence-corrected chi connectivity index (χ0v) is 10.8. The fourth-order valence-corrected chi connectivity index (χ4v) is 2.73. The molecule has 1 fully saturated rings. The third-order valence-corrected chi connectivity index (χ3v) is 3.81. The van der Waals surface area contributed by atoms with Gasteiger partial charge in [-0.1, -0.05) is 12.1 Å². The lowest BCUT2D eigenvalue weighted by Gasteiger charge is -2.27. The number of hydrogen-bond acceptors (Lipinski definition) is 4. The van der Waals surface area contributed by atoms with Crippen LogP contribution in [0.1, 0.15) is 38.8 Å². The zero-order chi connectivity index (χ0) is 12.3. The molecule has 1 aliphatic heterocycles. The Morgan fingerprint density at radius 2 is 2.24 bits per heavy atom. The molecule has 2 atom stereocenters. The Morgan fingerprint density at radius 3 is 2.88 bits per heavy atom. The van der Waals surface area contributed by atoms with Crippen LogP contribution in [0.3, 0.4) is 0 Å². The van der Waals surface area contributed by atoms with Crippen LogP contribution < -0.4 is 5.73 Å². The number of nitrogens with two attached hydrogens (primary N) is 1. The average molecular weight is 237 g/mol. The third-order valence-electron chi connectivity index (χ3n) is 3.81. The van der Waals surface area contributed by atoms with E-state index in [1.807, 2.05) is 10.9 Å². The van der Waals surface area contributed by atoms with E-state index in [0.29, 0.717) is 12.6 Å². The minimum absolute atomic E-state index is 0.470. The molecule has 0 radical (unpaired) electrons. The quantitative estimate of drug-likeness (QED) is 0.830. The molecule has 17 heavy (non-hydrogen) atoms. The number of likely N-dealkylation sites (tertiary alicyclic amines) is 1. The largest absolute Gasteiger partial charge is 0.325 e. The molecule has 2 heterocycles. The summed E-state index contributed by atoms with van der Waals surface area (Å²) < 4.78 is 1.90. The first kappa shape index (κ1) is 12.5. The van der Waals surface area contributed by atoms with Gasteiger partial charge in [-0.3, -0.25) is 9.58 Å². The summed E-state index contributed by atoms with van der Waals surface area (Å²) in [5.74, 6) is 0. The van der Waals surface area contributed by atoms with Crippen molar-refractivity contribution < 1.29 is 0 Å². The minimum Gasteiger partial charge on any atom is -0.325 e. The maximum Gasteiger partial charge on any atom is 0.0962 e. The molecule has 0 amide bonds. The highest BCUT2D eigenvalue weighted by molar-refractivity contribution is 4.91. The Labute approximate surface area is 103 Å². The van der Waals surface area contributed by atoms with Crippen molar-refractivity contribution in [3.8, 4) is 0 Å². The van der Waals surface area contributed by atoms with E-state index in [2.05, 4.69) is 29.1 Å². The molecule has 5 heteroatoms. The van der Waals surface area contributed by atoms with Crippen LogP contribution in [0.15, 0.2) is 6.20 Å². The number of aromatic nitrogens is 3. The number of hydrogen-bond donors (Lipinski definition) is 1. The first-order valence-electron chi connectivity index (χ1n) is 6.59. The predicted molar refractivity (Wildman–Crippen MR) is 67.4 cm³/mol. The maximum absolute atomic E-state index is 5.52. The van der Waals surface area contributed by atoms with Crippen molar-refractivity contribution in [1.29, 1.82) is 0 Å². The second-order valence-electron chi connectivity index (χ2n) is 4.90. The van der Waals surface area contributed by atoms with Crippen molar-refractivity contribution in [2.75, 3.05) is 6.54 Å². The Morgan fingerprint density at radius 1 is 1.41 bits per heavy atom. The van der Waals surface area contributed by atoms with Crippen LogP contribution in [0.25, 0.3) is 0 Å². The van der Waals surface area contributed by atoms with Crippen LogP contribution in [0.2, 0.25) is 0 Å². The van der Waals surface area contributed by atoms with Gasteiger partial charge in [0, 0.05) is 31.4 Å². The summed E-state index contributed by atoms with van der Waals surface area (Å²) in [5.41, 5.74) is 6.39. The first-order chi connectivity index (χ1) is 8.24. The smallest absolute Gasteiger partial charge is 0.0962 e. The molecule has 2 unspecified atom stereocenters. The van der Waals surface area contributed by atoms with E-state index < -0.39 is 0 Å². The molecule has 1 aromatic heterocycles. The van der Waals surface area contributed by atoms with Crippen LogP contribution in [0, 0.1) is 0 Å². The van der Waals surface area contributed by atoms with E-state index in [1.165, 1.54) is 19.3 Å². The highest BCUT2D eigenvalue weighted by Crippen LogP contribution is 2.25. The summed E-state index contributed by atoms with van der Waals surface area (Å²) >= 11 is 0. The molecule has 0 bridgehead atoms. The van der Waals surface area contributed by atoms with Gasteiger partial charge >= 0.3 is 0 Å². The minimum atomic E-state index is 0.470. The van der Waals surface area contributed by atoms with Gasteiger partial charge in [0.05, 0.1) is 12.2 Å². The molecule has 2 rings (SSSR count). The topological polar surface area (TPSA) is 60.0 Å². The lowest BCUT2D eigenvalue weighted by atomic mass is 10.1. The van der Waals surface area contributed by atoms with E-state index in [4.69, 9.17) is 5.73 Å². The molecule has 2 N–H and O–H groups in total. The van der Waals surface area contributed by atoms with Crippen LogP contribution in [-0.2, 0) is 13.1 Å². The van der Waals surface area contributed by atoms with Crippen LogP contribution in [0.5, 0.6) is 0 Å². The van der Waals surface area contributed by atoms with Gasteiger partial charge in [0.2, 0.25) is 0 Å². The van der Waals surface area contributed by atoms with Gasteiger partial charge in [0.15, 0.2) is 0 Å². The highest BCUT2D eigenvalue weighted by atomic mass is 15.4. The van der Waals surface area contributed by atoms with E-state index in [1.54, 1.807) is 0 Å². The van der Waals surface area contributed by atoms with Crippen LogP contribution in [-0.4, -0.2) is 38.5 Å².